The zero-order valence-electron chi connectivity index (χ0n) is 10.8. The first-order valence-corrected chi connectivity index (χ1v) is 6.64. The summed E-state index contributed by atoms with van der Waals surface area (Å²) in [5.41, 5.74) is 4.90. The molecule has 1 fully saturated rings. The topological polar surface area (TPSA) is 47.3 Å². The lowest BCUT2D eigenvalue weighted by atomic mass is 9.89. The monoisotopic (exact) mass is 256 g/mol. The predicted octanol–water partition coefficient (Wildman–Crippen LogP) is 1.77. The predicted molar refractivity (Wildman–Crippen MR) is 70.9 cm³/mol. The molecule has 2 aliphatic rings. The lowest BCUT2D eigenvalue weighted by Gasteiger charge is -2.23. The fraction of sp³-hybridized carbons (Fsp3) is 0.400. The van der Waals surface area contributed by atoms with E-state index >= 15 is 0 Å². The van der Waals surface area contributed by atoms with Crippen LogP contribution in [-0.4, -0.2) is 34.0 Å². The van der Waals surface area contributed by atoms with Gasteiger partial charge in [-0.05, 0) is 18.6 Å². The van der Waals surface area contributed by atoms with Gasteiger partial charge in [-0.3, -0.25) is 0 Å². The van der Waals surface area contributed by atoms with E-state index in [1.54, 1.807) is 0 Å². The summed E-state index contributed by atoms with van der Waals surface area (Å²) < 4.78 is 7.60. The Balaban J connectivity index is 1.89. The number of aliphatic hydroxyl groups is 1. The van der Waals surface area contributed by atoms with Gasteiger partial charge in [-0.2, -0.15) is 0 Å². The Morgan fingerprint density at radius 2 is 2.26 bits per heavy atom. The number of hydrogen-bond acceptors (Lipinski definition) is 3. The van der Waals surface area contributed by atoms with E-state index < -0.39 is 6.10 Å². The highest BCUT2D eigenvalue weighted by atomic mass is 16.5. The van der Waals surface area contributed by atoms with Crippen molar-refractivity contribution in [3.8, 4) is 11.3 Å². The normalized spacial score (nSPS) is 28.4. The van der Waals surface area contributed by atoms with Gasteiger partial charge in [-0.15, -0.1) is 0 Å². The summed E-state index contributed by atoms with van der Waals surface area (Å²) in [4.78, 5) is 4.26. The van der Waals surface area contributed by atoms with Crippen LogP contribution in [0.15, 0.2) is 30.7 Å². The van der Waals surface area contributed by atoms with Crippen molar-refractivity contribution in [3.05, 3.63) is 41.9 Å². The van der Waals surface area contributed by atoms with E-state index in [2.05, 4.69) is 34.7 Å². The van der Waals surface area contributed by atoms with Gasteiger partial charge < -0.3 is 14.4 Å². The van der Waals surface area contributed by atoms with Crippen LogP contribution in [0, 0.1) is 12.8 Å². The minimum absolute atomic E-state index is 0.108. The summed E-state index contributed by atoms with van der Waals surface area (Å²) in [6.07, 6.45) is 3.37. The first-order chi connectivity index (χ1) is 9.25. The van der Waals surface area contributed by atoms with Crippen molar-refractivity contribution in [2.24, 2.45) is 5.92 Å². The van der Waals surface area contributed by atoms with Gasteiger partial charge in [0.15, 0.2) is 0 Å². The maximum absolute atomic E-state index is 10.1. The van der Waals surface area contributed by atoms with E-state index in [0.717, 1.165) is 5.69 Å². The van der Waals surface area contributed by atoms with Crippen molar-refractivity contribution in [2.45, 2.75) is 19.1 Å². The second kappa shape index (κ2) is 3.92. The third kappa shape index (κ3) is 1.50. The van der Waals surface area contributed by atoms with Crippen LogP contribution < -0.4 is 0 Å². The molecule has 0 spiro atoms. The van der Waals surface area contributed by atoms with Crippen LogP contribution in [0.5, 0.6) is 0 Å². The number of aliphatic hydroxyl groups excluding tert-OH is 1. The Morgan fingerprint density at radius 1 is 1.37 bits per heavy atom. The second-order valence-corrected chi connectivity index (χ2v) is 5.49. The minimum Gasteiger partial charge on any atom is -0.390 e. The largest absolute Gasteiger partial charge is 0.390 e. The molecule has 0 amide bonds. The molecule has 3 heterocycles. The molecule has 1 N–H and O–H groups in total. The van der Waals surface area contributed by atoms with E-state index in [0.29, 0.717) is 13.2 Å². The Bertz CT molecular complexity index is 635. The summed E-state index contributed by atoms with van der Waals surface area (Å²) >= 11 is 0. The van der Waals surface area contributed by atoms with Crippen LogP contribution in [0.2, 0.25) is 0 Å². The molecule has 0 unspecified atom stereocenters. The lowest BCUT2D eigenvalue weighted by Crippen LogP contribution is -2.27. The van der Waals surface area contributed by atoms with Crippen molar-refractivity contribution >= 4 is 0 Å². The van der Waals surface area contributed by atoms with E-state index in [9.17, 15) is 5.11 Å². The first-order valence-electron chi connectivity index (χ1n) is 6.64. The first kappa shape index (κ1) is 11.2. The molecule has 0 saturated carbocycles. The van der Waals surface area contributed by atoms with E-state index in [1.165, 1.54) is 16.7 Å². The molecule has 2 aliphatic heterocycles. The van der Waals surface area contributed by atoms with Gasteiger partial charge in [-0.1, -0.05) is 17.7 Å². The number of ether oxygens (including phenoxy) is 1. The zero-order valence-corrected chi connectivity index (χ0v) is 10.8. The van der Waals surface area contributed by atoms with Crippen molar-refractivity contribution in [1.82, 2.24) is 9.55 Å². The van der Waals surface area contributed by atoms with Crippen molar-refractivity contribution in [1.29, 1.82) is 0 Å². The molecule has 3 atom stereocenters. The van der Waals surface area contributed by atoms with Gasteiger partial charge in [0, 0.05) is 11.5 Å². The zero-order chi connectivity index (χ0) is 13.0. The standard InChI is InChI=1S/C15H16N2O2/c1-9-2-3-10-11(4-9)13-5-16-8-17(13)15(10)12-6-19-7-14(12)18/h2-5,8,12,14-15,18H,6-7H2,1H3/t12-,14-,15+/m1/s1. The Morgan fingerprint density at radius 3 is 3.05 bits per heavy atom. The summed E-state index contributed by atoms with van der Waals surface area (Å²) in [6, 6.07) is 6.65. The number of nitrogens with zero attached hydrogens (tertiary/aromatic N) is 2. The lowest BCUT2D eigenvalue weighted by molar-refractivity contribution is 0.111. The average molecular weight is 256 g/mol. The summed E-state index contributed by atoms with van der Waals surface area (Å²) in [5, 5.41) is 10.1. The fourth-order valence-electron chi connectivity index (χ4n) is 3.33. The number of aromatic nitrogens is 2. The van der Waals surface area contributed by atoms with Gasteiger partial charge in [0.2, 0.25) is 0 Å². The maximum Gasteiger partial charge on any atom is 0.0956 e. The fourth-order valence-corrected chi connectivity index (χ4v) is 3.33. The van der Waals surface area contributed by atoms with Gasteiger partial charge in [0.05, 0.1) is 43.6 Å². The summed E-state index contributed by atoms with van der Waals surface area (Å²) in [6.45, 7) is 3.14. The van der Waals surface area contributed by atoms with Crippen LogP contribution >= 0.6 is 0 Å². The quantitative estimate of drug-likeness (QED) is 0.846. The summed E-state index contributed by atoms with van der Waals surface area (Å²) in [5.74, 6) is 0.108. The highest BCUT2D eigenvalue weighted by Gasteiger charge is 2.40. The number of imidazole rings is 1. The molecule has 4 heteroatoms. The molecule has 98 valence electrons. The minimum atomic E-state index is -0.396. The molecular weight excluding hydrogens is 240 g/mol. The molecule has 4 rings (SSSR count). The van der Waals surface area contributed by atoms with Crippen LogP contribution in [0.25, 0.3) is 11.3 Å². The van der Waals surface area contributed by atoms with Crippen LogP contribution in [0.3, 0.4) is 0 Å². The molecule has 0 bridgehead atoms. The molecule has 1 aromatic carbocycles. The van der Waals surface area contributed by atoms with Crippen LogP contribution in [-0.2, 0) is 4.74 Å². The molecule has 0 radical (unpaired) electrons. The van der Waals surface area contributed by atoms with Gasteiger partial charge in [-0.25, -0.2) is 4.98 Å². The third-order valence-corrected chi connectivity index (χ3v) is 4.27. The van der Waals surface area contributed by atoms with Crippen molar-refractivity contribution in [3.63, 3.8) is 0 Å². The molecular formula is C15H16N2O2. The number of fused-ring (bicyclic) bond motifs is 3. The maximum atomic E-state index is 10.1. The second-order valence-electron chi connectivity index (χ2n) is 5.49. The molecule has 2 aromatic rings. The van der Waals surface area contributed by atoms with Crippen molar-refractivity contribution < 1.29 is 9.84 Å². The molecule has 19 heavy (non-hydrogen) atoms. The number of aryl methyl sites for hydroxylation is 1. The smallest absolute Gasteiger partial charge is 0.0956 e. The SMILES string of the molecule is Cc1ccc2c(c1)-c1cncn1[C@@H]2[C@@H]1COC[C@H]1O. The Hall–Kier alpha value is -1.65. The average Bonchev–Trinajstić information content (AvgIpc) is 3.05. The van der Waals surface area contributed by atoms with E-state index in [1.807, 2.05) is 12.5 Å². The van der Waals surface area contributed by atoms with Crippen LogP contribution in [0.4, 0.5) is 0 Å². The number of rotatable bonds is 1. The molecule has 1 aromatic heterocycles. The highest BCUT2D eigenvalue weighted by Crippen LogP contribution is 2.45. The number of hydrogen-bond donors (Lipinski definition) is 1. The molecule has 1 saturated heterocycles. The third-order valence-electron chi connectivity index (χ3n) is 4.27. The van der Waals surface area contributed by atoms with Crippen molar-refractivity contribution in [2.75, 3.05) is 13.2 Å². The van der Waals surface area contributed by atoms with Gasteiger partial charge in [0.1, 0.15) is 0 Å². The summed E-state index contributed by atoms with van der Waals surface area (Å²) in [7, 11) is 0. The van der Waals surface area contributed by atoms with E-state index in [-0.39, 0.29) is 12.0 Å². The number of benzene rings is 1. The molecule has 4 nitrogen and oxygen atoms in total. The van der Waals surface area contributed by atoms with Crippen LogP contribution in [0.1, 0.15) is 17.2 Å². The highest BCUT2D eigenvalue weighted by molar-refractivity contribution is 5.70. The van der Waals surface area contributed by atoms with Gasteiger partial charge >= 0.3 is 0 Å². The van der Waals surface area contributed by atoms with Gasteiger partial charge in [0.25, 0.3) is 0 Å². The Labute approximate surface area is 111 Å². The van der Waals surface area contributed by atoms with E-state index in [4.69, 9.17) is 4.74 Å². The Kier molecular flexibility index (Phi) is 2.31. The molecule has 0 aliphatic carbocycles.